The molecule has 2 atom stereocenters. The van der Waals surface area contributed by atoms with Crippen molar-refractivity contribution in [2.24, 2.45) is 5.92 Å². The van der Waals surface area contributed by atoms with Crippen LogP contribution in [0, 0.1) is 5.92 Å². The van der Waals surface area contributed by atoms with E-state index in [4.69, 9.17) is 21.4 Å². The van der Waals surface area contributed by atoms with Crippen LogP contribution >= 0.6 is 11.6 Å². The molecule has 2 unspecified atom stereocenters. The number of carbonyl (C=O) groups excluding carboxylic acids is 1. The van der Waals surface area contributed by atoms with Crippen molar-refractivity contribution in [1.82, 2.24) is 0 Å². The molecular weight excluding hydrogens is 220 g/mol. The summed E-state index contributed by atoms with van der Waals surface area (Å²) in [5, 5.41) is 7.53. The lowest BCUT2D eigenvalue weighted by molar-refractivity contribution is -0.152. The monoisotopic (exact) mass is 236 g/mol. The van der Waals surface area contributed by atoms with Crippen molar-refractivity contribution in [1.29, 1.82) is 0 Å². The van der Waals surface area contributed by atoms with Gasteiger partial charge in [-0.1, -0.05) is 19.8 Å². The van der Waals surface area contributed by atoms with Gasteiger partial charge in [-0.2, -0.15) is 0 Å². The molecule has 0 aromatic carbocycles. The zero-order chi connectivity index (χ0) is 11.8. The van der Waals surface area contributed by atoms with Crippen LogP contribution in [0.3, 0.4) is 0 Å². The van der Waals surface area contributed by atoms with Crippen LogP contribution in [0.25, 0.3) is 0 Å². The Morgan fingerprint density at radius 2 is 2.00 bits per heavy atom. The van der Waals surface area contributed by atoms with Crippen LogP contribution in [-0.2, 0) is 14.3 Å². The molecule has 15 heavy (non-hydrogen) atoms. The SMILES string of the molecule is CCCCC(C(=O)OCC)C(Cl)C(=O)O. The average Bonchev–Trinajstić information content (AvgIpc) is 2.18. The molecule has 0 aliphatic rings. The first-order valence-corrected chi connectivity index (χ1v) is 5.51. The average molecular weight is 237 g/mol. The van der Waals surface area contributed by atoms with Crippen molar-refractivity contribution >= 4 is 23.5 Å². The third-order valence-electron chi connectivity index (χ3n) is 2.05. The molecule has 0 rings (SSSR count). The van der Waals surface area contributed by atoms with Gasteiger partial charge in [0.05, 0.1) is 12.5 Å². The van der Waals surface area contributed by atoms with Crippen LogP contribution in [0.4, 0.5) is 0 Å². The summed E-state index contributed by atoms with van der Waals surface area (Å²) in [6, 6.07) is 0. The number of aliphatic carboxylic acids is 1. The summed E-state index contributed by atoms with van der Waals surface area (Å²) in [5.41, 5.74) is 0. The van der Waals surface area contributed by atoms with Crippen molar-refractivity contribution in [2.45, 2.75) is 38.5 Å². The van der Waals surface area contributed by atoms with Crippen molar-refractivity contribution in [3.63, 3.8) is 0 Å². The van der Waals surface area contributed by atoms with E-state index in [2.05, 4.69) is 0 Å². The zero-order valence-electron chi connectivity index (χ0n) is 9.03. The number of esters is 1. The molecule has 0 heterocycles. The molecule has 0 bridgehead atoms. The quantitative estimate of drug-likeness (QED) is 0.543. The van der Waals surface area contributed by atoms with Crippen molar-refractivity contribution in [2.75, 3.05) is 6.61 Å². The summed E-state index contributed by atoms with van der Waals surface area (Å²) in [6.45, 7) is 3.88. The fraction of sp³-hybridized carbons (Fsp3) is 0.800. The van der Waals surface area contributed by atoms with Crippen LogP contribution < -0.4 is 0 Å². The molecule has 4 nitrogen and oxygen atoms in total. The summed E-state index contributed by atoms with van der Waals surface area (Å²) in [7, 11) is 0. The van der Waals surface area contributed by atoms with Gasteiger partial charge in [0.15, 0.2) is 0 Å². The molecule has 5 heteroatoms. The normalized spacial score (nSPS) is 14.3. The van der Waals surface area contributed by atoms with Crippen LogP contribution in [0.2, 0.25) is 0 Å². The largest absolute Gasteiger partial charge is 0.480 e. The van der Waals surface area contributed by atoms with E-state index < -0.39 is 23.2 Å². The fourth-order valence-electron chi connectivity index (χ4n) is 1.23. The number of carboxylic acids is 1. The molecule has 0 aromatic heterocycles. The second-order valence-corrected chi connectivity index (χ2v) is 3.71. The summed E-state index contributed by atoms with van der Waals surface area (Å²) < 4.78 is 4.79. The minimum Gasteiger partial charge on any atom is -0.480 e. The summed E-state index contributed by atoms with van der Waals surface area (Å²) in [4.78, 5) is 22.1. The lowest BCUT2D eigenvalue weighted by atomic mass is 9.98. The molecule has 88 valence electrons. The number of hydrogen-bond donors (Lipinski definition) is 1. The van der Waals surface area contributed by atoms with Gasteiger partial charge in [0.1, 0.15) is 5.38 Å². The molecule has 0 spiro atoms. The highest BCUT2D eigenvalue weighted by Gasteiger charge is 2.32. The van der Waals surface area contributed by atoms with Gasteiger partial charge in [0.25, 0.3) is 0 Å². The maximum Gasteiger partial charge on any atom is 0.322 e. The number of hydrogen-bond acceptors (Lipinski definition) is 3. The highest BCUT2D eigenvalue weighted by molar-refractivity contribution is 6.31. The predicted molar refractivity (Wildman–Crippen MR) is 56.9 cm³/mol. The number of carboxylic acid groups (broad SMARTS) is 1. The van der Waals surface area contributed by atoms with E-state index in [0.29, 0.717) is 6.42 Å². The Morgan fingerprint density at radius 1 is 1.40 bits per heavy atom. The second-order valence-electron chi connectivity index (χ2n) is 3.24. The summed E-state index contributed by atoms with van der Waals surface area (Å²) >= 11 is 5.65. The summed E-state index contributed by atoms with van der Waals surface area (Å²) in [6.07, 6.45) is 2.11. The molecule has 0 fully saturated rings. The lowest BCUT2D eigenvalue weighted by Gasteiger charge is -2.17. The highest BCUT2D eigenvalue weighted by atomic mass is 35.5. The van der Waals surface area contributed by atoms with Gasteiger partial charge in [0.2, 0.25) is 0 Å². The van der Waals surface area contributed by atoms with E-state index in [1.54, 1.807) is 6.92 Å². The standard InChI is InChI=1S/C10H17ClO4/c1-3-5-6-7(8(11)9(12)13)10(14)15-4-2/h7-8H,3-6H2,1-2H3,(H,12,13). The molecule has 0 radical (unpaired) electrons. The van der Waals surface area contributed by atoms with Gasteiger partial charge < -0.3 is 9.84 Å². The number of carbonyl (C=O) groups is 2. The molecule has 0 aromatic rings. The first-order valence-electron chi connectivity index (χ1n) is 5.08. The van der Waals surface area contributed by atoms with Crippen LogP contribution in [0.5, 0.6) is 0 Å². The van der Waals surface area contributed by atoms with E-state index in [9.17, 15) is 9.59 Å². The molecular formula is C10H17ClO4. The molecule has 0 aliphatic carbocycles. The molecule has 1 N–H and O–H groups in total. The Morgan fingerprint density at radius 3 is 2.40 bits per heavy atom. The Balaban J connectivity index is 4.41. The van der Waals surface area contributed by atoms with Gasteiger partial charge in [-0.05, 0) is 13.3 Å². The van der Waals surface area contributed by atoms with E-state index in [0.717, 1.165) is 12.8 Å². The van der Waals surface area contributed by atoms with Crippen LogP contribution in [0.1, 0.15) is 33.1 Å². The number of ether oxygens (including phenoxy) is 1. The van der Waals surface area contributed by atoms with Gasteiger partial charge in [-0.3, -0.25) is 9.59 Å². The molecule has 0 saturated heterocycles. The number of rotatable bonds is 7. The summed E-state index contributed by atoms with van der Waals surface area (Å²) in [5.74, 6) is -2.44. The van der Waals surface area contributed by atoms with E-state index >= 15 is 0 Å². The number of unbranched alkanes of at least 4 members (excludes halogenated alkanes) is 1. The number of halogens is 1. The molecule has 0 saturated carbocycles. The van der Waals surface area contributed by atoms with Crippen LogP contribution in [0.15, 0.2) is 0 Å². The third kappa shape index (κ3) is 5.02. The number of alkyl halides is 1. The van der Waals surface area contributed by atoms with Gasteiger partial charge >= 0.3 is 11.9 Å². The Kier molecular flexibility index (Phi) is 7.13. The lowest BCUT2D eigenvalue weighted by Crippen LogP contribution is -2.32. The minimum atomic E-state index is -1.20. The maximum atomic E-state index is 11.4. The Bertz CT molecular complexity index is 217. The van der Waals surface area contributed by atoms with E-state index in [1.165, 1.54) is 0 Å². The van der Waals surface area contributed by atoms with Gasteiger partial charge in [-0.25, -0.2) is 0 Å². The topological polar surface area (TPSA) is 63.6 Å². The first-order chi connectivity index (χ1) is 7.04. The molecule has 0 aliphatic heterocycles. The van der Waals surface area contributed by atoms with E-state index in [-0.39, 0.29) is 6.61 Å². The Hall–Kier alpha value is -0.770. The van der Waals surface area contributed by atoms with Crippen molar-refractivity contribution < 1.29 is 19.4 Å². The second kappa shape index (κ2) is 7.51. The zero-order valence-corrected chi connectivity index (χ0v) is 9.79. The Labute approximate surface area is 94.6 Å². The highest BCUT2D eigenvalue weighted by Crippen LogP contribution is 2.20. The first kappa shape index (κ1) is 14.2. The predicted octanol–water partition coefficient (Wildman–Crippen LogP) is 2.05. The molecule has 0 amide bonds. The van der Waals surface area contributed by atoms with Crippen molar-refractivity contribution in [3.05, 3.63) is 0 Å². The van der Waals surface area contributed by atoms with Crippen LogP contribution in [-0.4, -0.2) is 29.0 Å². The van der Waals surface area contributed by atoms with Gasteiger partial charge in [0, 0.05) is 0 Å². The third-order valence-corrected chi connectivity index (χ3v) is 2.54. The maximum absolute atomic E-state index is 11.4. The fourth-order valence-corrected chi connectivity index (χ4v) is 1.46. The van der Waals surface area contributed by atoms with Gasteiger partial charge in [-0.15, -0.1) is 11.6 Å². The minimum absolute atomic E-state index is 0.241. The van der Waals surface area contributed by atoms with E-state index in [1.807, 2.05) is 6.92 Å². The smallest absolute Gasteiger partial charge is 0.322 e. The van der Waals surface area contributed by atoms with Crippen molar-refractivity contribution in [3.8, 4) is 0 Å².